The number of carbonyl (C=O) groups is 1. The molecule has 0 spiro atoms. The van der Waals surface area contributed by atoms with E-state index in [0.717, 1.165) is 18.3 Å². The number of carbonyl (C=O) groups excluding carboxylic acids is 1. The lowest BCUT2D eigenvalue weighted by Crippen LogP contribution is -2.20. The van der Waals surface area contributed by atoms with Gasteiger partial charge in [0.25, 0.3) is 0 Å². The van der Waals surface area contributed by atoms with Gasteiger partial charge < -0.3 is 4.98 Å². The molecule has 1 amide bonds. The number of alkyl halides is 3. The highest BCUT2D eigenvalue weighted by Crippen LogP contribution is 2.36. The number of nitrogens with one attached hydrogen (secondary N) is 1. The van der Waals surface area contributed by atoms with Crippen LogP contribution >= 0.6 is 0 Å². The van der Waals surface area contributed by atoms with Crippen molar-refractivity contribution >= 4 is 28.3 Å². The minimum Gasteiger partial charge on any atom is -0.338 e. The smallest absolute Gasteiger partial charge is 0.338 e. The van der Waals surface area contributed by atoms with Crippen LogP contribution in [-0.2, 0) is 17.4 Å². The SMILES string of the molecule is O=C1Cc2ncc(F)cc2N1c1ccc(-c2nc3ccc(C(F)(F)F)cc3[nH]2)cc1. The maximum atomic E-state index is 13.6. The van der Waals surface area contributed by atoms with Crippen molar-refractivity contribution in [2.75, 3.05) is 4.90 Å². The number of benzene rings is 2. The van der Waals surface area contributed by atoms with Crippen LogP contribution in [-0.4, -0.2) is 20.9 Å². The van der Waals surface area contributed by atoms with Gasteiger partial charge in [-0.1, -0.05) is 0 Å². The molecule has 1 aliphatic heterocycles. The summed E-state index contributed by atoms with van der Waals surface area (Å²) >= 11 is 0. The van der Waals surface area contributed by atoms with Gasteiger partial charge in [-0.25, -0.2) is 9.37 Å². The largest absolute Gasteiger partial charge is 0.416 e. The first-order valence-corrected chi connectivity index (χ1v) is 8.94. The third-order valence-electron chi connectivity index (χ3n) is 4.93. The number of hydrogen-bond acceptors (Lipinski definition) is 3. The van der Waals surface area contributed by atoms with Gasteiger partial charge in [-0.15, -0.1) is 0 Å². The number of anilines is 2. The summed E-state index contributed by atoms with van der Waals surface area (Å²) in [6, 6.07) is 11.3. The van der Waals surface area contributed by atoms with Crippen molar-refractivity contribution in [2.45, 2.75) is 12.6 Å². The van der Waals surface area contributed by atoms with Gasteiger partial charge in [0.05, 0.1) is 40.6 Å². The van der Waals surface area contributed by atoms with Crippen LogP contribution < -0.4 is 4.90 Å². The second-order valence-corrected chi connectivity index (χ2v) is 6.89. The molecule has 9 heteroatoms. The first-order chi connectivity index (χ1) is 14.3. The lowest BCUT2D eigenvalue weighted by Gasteiger charge is -2.17. The van der Waals surface area contributed by atoms with Crippen molar-refractivity contribution in [2.24, 2.45) is 0 Å². The molecule has 0 atom stereocenters. The van der Waals surface area contributed by atoms with E-state index in [4.69, 9.17) is 0 Å². The Morgan fingerprint density at radius 1 is 1.03 bits per heavy atom. The second-order valence-electron chi connectivity index (χ2n) is 6.89. The highest BCUT2D eigenvalue weighted by molar-refractivity contribution is 6.06. The molecule has 5 rings (SSSR count). The first-order valence-electron chi connectivity index (χ1n) is 8.94. The molecule has 1 N–H and O–H groups in total. The fourth-order valence-electron chi connectivity index (χ4n) is 3.52. The van der Waals surface area contributed by atoms with E-state index in [-0.39, 0.29) is 17.8 Å². The molecule has 1 aliphatic rings. The van der Waals surface area contributed by atoms with Crippen LogP contribution in [0.1, 0.15) is 11.3 Å². The Morgan fingerprint density at radius 2 is 1.80 bits per heavy atom. The number of H-pyrrole nitrogens is 1. The topological polar surface area (TPSA) is 61.9 Å². The summed E-state index contributed by atoms with van der Waals surface area (Å²) in [6.45, 7) is 0. The molecule has 2 aromatic carbocycles. The molecule has 0 unspecified atom stereocenters. The average molecular weight is 412 g/mol. The Labute approximate surface area is 167 Å². The number of aromatic amines is 1. The van der Waals surface area contributed by atoms with Gasteiger partial charge >= 0.3 is 6.18 Å². The maximum absolute atomic E-state index is 13.6. The molecule has 30 heavy (non-hydrogen) atoms. The molecule has 0 saturated heterocycles. The molecule has 0 bridgehead atoms. The average Bonchev–Trinajstić information content (AvgIpc) is 3.27. The van der Waals surface area contributed by atoms with Crippen LogP contribution in [0.2, 0.25) is 0 Å². The van der Waals surface area contributed by atoms with Crippen LogP contribution in [0.3, 0.4) is 0 Å². The number of nitrogens with zero attached hydrogens (tertiary/aromatic N) is 3. The summed E-state index contributed by atoms with van der Waals surface area (Å²) in [5.41, 5.74) is 1.99. The van der Waals surface area contributed by atoms with Gasteiger partial charge in [-0.2, -0.15) is 13.2 Å². The summed E-state index contributed by atoms with van der Waals surface area (Å²) in [5, 5.41) is 0. The molecule has 4 aromatic rings. The van der Waals surface area contributed by atoms with Crippen molar-refractivity contribution in [3.05, 3.63) is 71.8 Å². The number of aromatic nitrogens is 3. The number of fused-ring (bicyclic) bond motifs is 2. The monoisotopic (exact) mass is 412 g/mol. The van der Waals surface area contributed by atoms with E-state index in [0.29, 0.717) is 34.0 Å². The minimum absolute atomic E-state index is 0.0858. The first kappa shape index (κ1) is 18.3. The van der Waals surface area contributed by atoms with E-state index >= 15 is 0 Å². The fraction of sp³-hybridized carbons (Fsp3) is 0.0952. The van der Waals surface area contributed by atoms with Crippen LogP contribution in [0.5, 0.6) is 0 Å². The Morgan fingerprint density at radius 3 is 2.53 bits per heavy atom. The number of amides is 1. The minimum atomic E-state index is -4.44. The molecule has 2 aromatic heterocycles. The normalized spacial score (nSPS) is 13.9. The summed E-state index contributed by atoms with van der Waals surface area (Å²) in [5.74, 6) is -0.360. The number of rotatable bonds is 2. The second kappa shape index (κ2) is 6.38. The molecule has 0 fully saturated rings. The summed E-state index contributed by atoms with van der Waals surface area (Å²) < 4.78 is 52.3. The number of imidazole rings is 1. The zero-order valence-electron chi connectivity index (χ0n) is 15.2. The highest BCUT2D eigenvalue weighted by atomic mass is 19.4. The van der Waals surface area contributed by atoms with Crippen LogP contribution in [0.25, 0.3) is 22.4 Å². The Hall–Kier alpha value is -3.75. The Kier molecular flexibility index (Phi) is 3.89. The predicted molar refractivity (Wildman–Crippen MR) is 102 cm³/mol. The van der Waals surface area contributed by atoms with E-state index in [2.05, 4.69) is 15.0 Å². The van der Waals surface area contributed by atoms with Gasteiger partial charge in [0, 0.05) is 17.3 Å². The molecule has 0 radical (unpaired) electrons. The van der Waals surface area contributed by atoms with Crippen molar-refractivity contribution in [1.82, 2.24) is 15.0 Å². The third-order valence-corrected chi connectivity index (χ3v) is 4.93. The summed E-state index contributed by atoms with van der Waals surface area (Å²) in [4.78, 5) is 25.0. The molecular formula is C21H12F4N4O. The quantitative estimate of drug-likeness (QED) is 0.471. The van der Waals surface area contributed by atoms with Crippen molar-refractivity contribution < 1.29 is 22.4 Å². The predicted octanol–water partition coefficient (Wildman–Crippen LogP) is 5.00. The fourth-order valence-corrected chi connectivity index (χ4v) is 3.52. The van der Waals surface area contributed by atoms with E-state index in [1.165, 1.54) is 17.0 Å². The zero-order valence-corrected chi connectivity index (χ0v) is 15.2. The standard InChI is InChI=1S/C21H12F4N4O/c22-13-8-18-17(26-10-13)9-19(30)29(18)14-4-1-11(2-5-14)20-27-15-6-3-12(21(23,24)25)7-16(15)28-20/h1-8,10H,9H2,(H,27,28). The number of hydrogen-bond donors (Lipinski definition) is 1. The molecule has 0 aliphatic carbocycles. The van der Waals surface area contributed by atoms with Crippen LogP contribution in [0.4, 0.5) is 28.9 Å². The van der Waals surface area contributed by atoms with E-state index in [9.17, 15) is 22.4 Å². The van der Waals surface area contributed by atoms with Crippen molar-refractivity contribution in [1.29, 1.82) is 0 Å². The molecule has 5 nitrogen and oxygen atoms in total. The van der Waals surface area contributed by atoms with Gasteiger partial charge in [-0.05, 0) is 42.5 Å². The molecule has 3 heterocycles. The van der Waals surface area contributed by atoms with E-state index in [1.807, 2.05) is 0 Å². The summed E-state index contributed by atoms with van der Waals surface area (Å²) in [7, 11) is 0. The van der Waals surface area contributed by atoms with E-state index in [1.54, 1.807) is 24.3 Å². The lowest BCUT2D eigenvalue weighted by atomic mass is 10.2. The number of halogens is 4. The van der Waals surface area contributed by atoms with Crippen molar-refractivity contribution in [3.63, 3.8) is 0 Å². The molecule has 0 saturated carbocycles. The third kappa shape index (κ3) is 2.99. The maximum Gasteiger partial charge on any atom is 0.416 e. The Balaban J connectivity index is 1.49. The molecular weight excluding hydrogens is 400 g/mol. The highest BCUT2D eigenvalue weighted by Gasteiger charge is 2.31. The Bertz CT molecular complexity index is 1290. The molecule has 150 valence electrons. The summed E-state index contributed by atoms with van der Waals surface area (Å²) in [6.07, 6.45) is -3.28. The number of pyridine rings is 1. The lowest BCUT2D eigenvalue weighted by molar-refractivity contribution is -0.137. The van der Waals surface area contributed by atoms with Gasteiger partial charge in [0.1, 0.15) is 11.6 Å². The van der Waals surface area contributed by atoms with Crippen LogP contribution in [0.15, 0.2) is 54.7 Å². The van der Waals surface area contributed by atoms with Crippen molar-refractivity contribution in [3.8, 4) is 11.4 Å². The van der Waals surface area contributed by atoms with Crippen LogP contribution in [0, 0.1) is 5.82 Å². The zero-order chi connectivity index (χ0) is 21.0. The van der Waals surface area contributed by atoms with Gasteiger partial charge in [0.15, 0.2) is 0 Å². The van der Waals surface area contributed by atoms with E-state index < -0.39 is 17.6 Å². The van der Waals surface area contributed by atoms with Gasteiger partial charge in [0.2, 0.25) is 5.91 Å². The van der Waals surface area contributed by atoms with Gasteiger partial charge in [-0.3, -0.25) is 14.7 Å².